The Labute approximate surface area is 194 Å². The predicted octanol–water partition coefficient (Wildman–Crippen LogP) is 2.97. The van der Waals surface area contributed by atoms with Gasteiger partial charge in [-0.1, -0.05) is 30.3 Å². The molecule has 164 valence electrons. The number of halogens is 1. The minimum absolute atomic E-state index is 0. The van der Waals surface area contributed by atoms with Crippen LogP contribution in [0.25, 0.3) is 0 Å². The van der Waals surface area contributed by atoms with Crippen molar-refractivity contribution in [2.24, 2.45) is 0 Å². The van der Waals surface area contributed by atoms with Crippen LogP contribution in [-0.4, -0.2) is 37.0 Å². The summed E-state index contributed by atoms with van der Waals surface area (Å²) in [7, 11) is -1.42. The first-order valence-corrected chi connectivity index (χ1v) is 13.9. The van der Waals surface area contributed by atoms with E-state index in [1.54, 1.807) is 6.92 Å². The maximum absolute atomic E-state index is 13.1. The maximum Gasteiger partial charge on any atom is 0.350 e. The minimum Gasteiger partial charge on any atom is -1.00 e. The molecule has 1 aliphatic heterocycles. The van der Waals surface area contributed by atoms with E-state index >= 15 is 0 Å². The maximum atomic E-state index is 13.1. The molecule has 1 aromatic heterocycles. The zero-order valence-electron chi connectivity index (χ0n) is 17.8. The second-order valence-electron chi connectivity index (χ2n) is 7.90. The smallest absolute Gasteiger partial charge is 0.350 e. The van der Waals surface area contributed by atoms with Crippen molar-refractivity contribution in [1.29, 1.82) is 0 Å². The van der Waals surface area contributed by atoms with Crippen molar-refractivity contribution in [3.8, 4) is 0 Å². The van der Waals surface area contributed by atoms with Crippen LogP contribution >= 0.6 is 18.6 Å². The molecule has 7 heteroatoms. The third-order valence-electron chi connectivity index (χ3n) is 5.55. The monoisotopic (exact) mass is 511 g/mol. The summed E-state index contributed by atoms with van der Waals surface area (Å²) in [5.41, 5.74) is 2.89. The van der Waals surface area contributed by atoms with Gasteiger partial charge in [0.25, 0.3) is 5.91 Å². The van der Waals surface area contributed by atoms with Crippen LogP contribution in [0, 0.1) is 6.92 Å². The Kier molecular flexibility index (Phi) is 9.99. The van der Waals surface area contributed by atoms with Crippen molar-refractivity contribution in [1.82, 2.24) is 0 Å². The number of benzene rings is 1. The zero-order chi connectivity index (χ0) is 20.7. The van der Waals surface area contributed by atoms with Crippen molar-refractivity contribution in [2.75, 3.05) is 30.4 Å². The summed E-state index contributed by atoms with van der Waals surface area (Å²) in [5, 5.41) is 4.98. The van der Waals surface area contributed by atoms with Crippen LogP contribution in [-0.2, 0) is 15.7 Å². The molecule has 0 atom stereocenters. The van der Waals surface area contributed by atoms with Crippen LogP contribution in [0.1, 0.15) is 53.4 Å². The number of nitrogens with one attached hydrogen (secondary N) is 1. The number of rotatable bonds is 7. The lowest BCUT2D eigenvalue weighted by molar-refractivity contribution is -0.113. The fourth-order valence-corrected chi connectivity index (χ4v) is 9.46. The van der Waals surface area contributed by atoms with E-state index < -0.39 is 7.26 Å². The molecular formula is C23H31BrNO3PS. The summed E-state index contributed by atoms with van der Waals surface area (Å²) < 4.78 is 5.16. The number of esters is 1. The molecule has 0 radical (unpaired) electrons. The lowest BCUT2D eigenvalue weighted by Crippen LogP contribution is -3.00. The Morgan fingerprint density at radius 3 is 2.40 bits per heavy atom. The zero-order valence-corrected chi connectivity index (χ0v) is 21.1. The van der Waals surface area contributed by atoms with Gasteiger partial charge in [0.05, 0.1) is 30.8 Å². The van der Waals surface area contributed by atoms with Crippen molar-refractivity contribution in [3.63, 3.8) is 0 Å². The molecule has 0 saturated carbocycles. The summed E-state index contributed by atoms with van der Waals surface area (Å²) in [6, 6.07) is 10.6. The van der Waals surface area contributed by atoms with Gasteiger partial charge in [-0.15, -0.1) is 11.3 Å². The highest BCUT2D eigenvalue weighted by molar-refractivity contribution is 7.76. The van der Waals surface area contributed by atoms with Gasteiger partial charge < -0.3 is 27.0 Å². The lowest BCUT2D eigenvalue weighted by atomic mass is 10.2. The predicted molar refractivity (Wildman–Crippen MR) is 124 cm³/mol. The Morgan fingerprint density at radius 1 is 1.10 bits per heavy atom. The topological polar surface area (TPSA) is 55.4 Å². The first-order chi connectivity index (χ1) is 14.0. The third-order valence-corrected chi connectivity index (χ3v) is 11.2. The van der Waals surface area contributed by atoms with Gasteiger partial charge in [-0.2, -0.15) is 0 Å². The van der Waals surface area contributed by atoms with Crippen LogP contribution in [0.15, 0.2) is 35.7 Å². The van der Waals surface area contributed by atoms with Gasteiger partial charge in [-0.3, -0.25) is 4.79 Å². The van der Waals surface area contributed by atoms with E-state index in [0.29, 0.717) is 23.3 Å². The molecule has 1 N–H and O–H groups in total. The largest absolute Gasteiger partial charge is 1.00 e. The summed E-state index contributed by atoms with van der Waals surface area (Å²) in [5.74, 6) is -0.313. The molecule has 0 bridgehead atoms. The van der Waals surface area contributed by atoms with Crippen LogP contribution in [0.3, 0.4) is 0 Å². The van der Waals surface area contributed by atoms with Crippen molar-refractivity contribution in [2.45, 2.75) is 45.7 Å². The van der Waals surface area contributed by atoms with Crippen LogP contribution in [0.2, 0.25) is 0 Å². The summed E-state index contributed by atoms with van der Waals surface area (Å²) in [6.07, 6.45) is 8.99. The fraction of sp³-hybridized carbons (Fsp3) is 0.478. The Balaban J connectivity index is 0.00000320. The summed E-state index contributed by atoms with van der Waals surface area (Å²) in [6.45, 7) is 4.05. The van der Waals surface area contributed by atoms with Crippen LogP contribution < -0.4 is 22.3 Å². The Morgan fingerprint density at radius 2 is 1.77 bits per heavy atom. The average molecular weight is 512 g/mol. The Hall–Kier alpha value is -1.23. The average Bonchev–Trinajstić information content (AvgIpc) is 2.91. The van der Waals surface area contributed by atoms with Gasteiger partial charge >= 0.3 is 5.97 Å². The van der Waals surface area contributed by atoms with Crippen molar-refractivity contribution >= 4 is 36.2 Å². The quantitative estimate of drug-likeness (QED) is 0.459. The van der Waals surface area contributed by atoms with E-state index in [2.05, 4.69) is 29.6 Å². The van der Waals surface area contributed by atoms with Gasteiger partial charge in [0.2, 0.25) is 0 Å². The van der Waals surface area contributed by atoms with E-state index in [0.717, 1.165) is 11.7 Å². The molecule has 2 heterocycles. The first-order valence-electron chi connectivity index (χ1n) is 10.5. The van der Waals surface area contributed by atoms with Gasteiger partial charge in [-0.05, 0) is 56.0 Å². The molecule has 1 saturated heterocycles. The van der Waals surface area contributed by atoms with Crippen molar-refractivity contribution in [3.05, 3.63) is 51.7 Å². The third kappa shape index (κ3) is 6.63. The van der Waals surface area contributed by atoms with Crippen LogP contribution in [0.4, 0.5) is 5.69 Å². The molecule has 0 spiro atoms. The van der Waals surface area contributed by atoms with Gasteiger partial charge in [0.1, 0.15) is 11.0 Å². The number of amides is 1. The number of anilines is 1. The van der Waals surface area contributed by atoms with Gasteiger partial charge in [0.15, 0.2) is 0 Å². The molecular weight excluding hydrogens is 481 g/mol. The SMILES string of the molecule is CCOC(=O)c1scc(C)c1NC(=O)C[P+]1(Cc2ccccc2)CCCCCC1.[Br-]. The summed E-state index contributed by atoms with van der Waals surface area (Å²) >= 11 is 1.34. The molecule has 2 aromatic rings. The highest BCUT2D eigenvalue weighted by Crippen LogP contribution is 2.63. The number of carbonyl (C=O) groups is 2. The number of ether oxygens (including phenoxy) is 1. The van der Waals surface area contributed by atoms with E-state index in [9.17, 15) is 9.59 Å². The highest BCUT2D eigenvalue weighted by atomic mass is 79.9. The number of hydrogen-bond donors (Lipinski definition) is 1. The van der Waals surface area contributed by atoms with Gasteiger partial charge in [0, 0.05) is 7.26 Å². The van der Waals surface area contributed by atoms with Crippen molar-refractivity contribution < 1.29 is 31.3 Å². The normalized spacial score (nSPS) is 15.5. The van der Waals surface area contributed by atoms with E-state index in [1.807, 2.05) is 18.4 Å². The fourth-order valence-electron chi connectivity index (χ4n) is 4.13. The first kappa shape index (κ1) is 25.0. The van der Waals surface area contributed by atoms with Gasteiger partial charge in [-0.25, -0.2) is 4.79 Å². The molecule has 4 nitrogen and oxygen atoms in total. The molecule has 0 unspecified atom stereocenters. The second kappa shape index (κ2) is 12.0. The van der Waals surface area contributed by atoms with E-state index in [-0.39, 0.29) is 28.9 Å². The summed E-state index contributed by atoms with van der Waals surface area (Å²) in [4.78, 5) is 25.9. The number of hydrogen-bond acceptors (Lipinski definition) is 4. The van der Waals surface area contributed by atoms with E-state index in [1.165, 1.54) is 54.9 Å². The Bertz CT molecular complexity index is 832. The molecule has 30 heavy (non-hydrogen) atoms. The molecule has 1 fully saturated rings. The van der Waals surface area contributed by atoms with E-state index in [4.69, 9.17) is 4.74 Å². The lowest BCUT2D eigenvalue weighted by Gasteiger charge is -2.26. The number of carbonyl (C=O) groups excluding carboxylic acids is 2. The molecule has 1 amide bonds. The standard InChI is InChI=1S/C23H30NO3PS.BrH/c1-3-27-23(26)22-21(18(2)17-29-22)24-20(25)16-28(13-9-4-5-10-14-28)15-19-11-7-6-8-12-19;/h6-8,11-12,17H,3-5,9-10,13-16H2,1-2H3;1H. The molecule has 3 rings (SSSR count). The minimum atomic E-state index is -1.42. The number of aryl methyl sites for hydroxylation is 1. The molecule has 1 aromatic carbocycles. The number of thiophene rings is 1. The molecule has 0 aliphatic carbocycles. The molecule has 1 aliphatic rings. The van der Waals surface area contributed by atoms with Crippen LogP contribution in [0.5, 0.6) is 0 Å². The highest BCUT2D eigenvalue weighted by Gasteiger charge is 2.40. The second-order valence-corrected chi connectivity index (χ2v) is 13.0.